The lowest BCUT2D eigenvalue weighted by Crippen LogP contribution is -2.25. The van der Waals surface area contributed by atoms with Crippen LogP contribution in [0.25, 0.3) is 0 Å². The number of rotatable bonds is 3. The number of carbonyl (C=O) groups excluding carboxylic acids is 1. The molecule has 0 aromatic rings. The van der Waals surface area contributed by atoms with Crippen LogP contribution >= 0.6 is 0 Å². The molecule has 1 rings (SSSR count). The Morgan fingerprint density at radius 1 is 1.22 bits per heavy atom. The lowest BCUT2D eigenvalue weighted by molar-refractivity contribution is -0.138. The van der Waals surface area contributed by atoms with E-state index in [2.05, 4.69) is 26.8 Å². The molecule has 104 valence electrons. The average Bonchev–Trinajstić information content (AvgIpc) is 2.28. The number of ether oxygens (including phenoxy) is 1. The predicted octanol–water partition coefficient (Wildman–Crippen LogP) is 4.35. The van der Waals surface area contributed by atoms with Crippen molar-refractivity contribution in [1.82, 2.24) is 0 Å². The molecule has 18 heavy (non-hydrogen) atoms. The lowest BCUT2D eigenvalue weighted by atomic mass is 9.69. The van der Waals surface area contributed by atoms with Crippen molar-refractivity contribution in [3.05, 3.63) is 11.6 Å². The summed E-state index contributed by atoms with van der Waals surface area (Å²) in [7, 11) is 0. The Morgan fingerprint density at radius 2 is 1.78 bits per heavy atom. The molecule has 0 N–H and O–H groups in total. The van der Waals surface area contributed by atoms with Gasteiger partial charge in [0.1, 0.15) is 0 Å². The van der Waals surface area contributed by atoms with E-state index in [9.17, 15) is 4.79 Å². The van der Waals surface area contributed by atoms with E-state index in [0.29, 0.717) is 17.9 Å². The van der Waals surface area contributed by atoms with Crippen molar-refractivity contribution in [3.63, 3.8) is 0 Å². The Kier molecular flexibility index (Phi) is 5.43. The second-order valence-electron chi connectivity index (χ2n) is 6.55. The van der Waals surface area contributed by atoms with Crippen LogP contribution in [0.2, 0.25) is 0 Å². The standard InChI is InChI=1S/C16H28O2/c1-6-18-15(17)12(2)11-13-7-9-14(10-8-13)16(3,4)5/h11,13-14H,6-10H2,1-5H3/b12-11+. The first-order valence-electron chi connectivity index (χ1n) is 7.20. The Balaban J connectivity index is 2.48. The minimum absolute atomic E-state index is 0.157. The molecule has 0 aromatic heterocycles. The van der Waals surface area contributed by atoms with Gasteiger partial charge in [0.15, 0.2) is 0 Å². The first-order valence-corrected chi connectivity index (χ1v) is 7.20. The summed E-state index contributed by atoms with van der Waals surface area (Å²) in [4.78, 5) is 11.5. The molecule has 1 saturated carbocycles. The van der Waals surface area contributed by atoms with E-state index in [1.807, 2.05) is 13.8 Å². The van der Waals surface area contributed by atoms with Crippen molar-refractivity contribution >= 4 is 5.97 Å². The molecule has 0 amide bonds. The summed E-state index contributed by atoms with van der Waals surface area (Å²) in [5.74, 6) is 1.23. The van der Waals surface area contributed by atoms with E-state index in [4.69, 9.17) is 4.74 Å². The highest BCUT2D eigenvalue weighted by molar-refractivity contribution is 5.87. The van der Waals surface area contributed by atoms with Gasteiger partial charge in [0.05, 0.1) is 6.61 Å². The SMILES string of the molecule is CCOC(=O)/C(C)=C/C1CCC(C(C)(C)C)CC1. The Bertz CT molecular complexity index is 302. The van der Waals surface area contributed by atoms with E-state index in [1.165, 1.54) is 25.7 Å². The monoisotopic (exact) mass is 252 g/mol. The van der Waals surface area contributed by atoms with Crippen molar-refractivity contribution in [2.45, 2.75) is 60.3 Å². The first-order chi connectivity index (χ1) is 8.34. The summed E-state index contributed by atoms with van der Waals surface area (Å²) in [6.45, 7) is 11.2. The van der Waals surface area contributed by atoms with Gasteiger partial charge in [0, 0.05) is 5.57 Å². The zero-order valence-electron chi connectivity index (χ0n) is 12.6. The second kappa shape index (κ2) is 6.40. The summed E-state index contributed by atoms with van der Waals surface area (Å²) in [5, 5.41) is 0. The summed E-state index contributed by atoms with van der Waals surface area (Å²) in [5.41, 5.74) is 1.20. The molecule has 0 unspecified atom stereocenters. The molecule has 0 spiro atoms. The number of allylic oxidation sites excluding steroid dienone is 1. The van der Waals surface area contributed by atoms with Gasteiger partial charge in [-0.25, -0.2) is 4.79 Å². The highest BCUT2D eigenvalue weighted by atomic mass is 16.5. The van der Waals surface area contributed by atoms with Crippen molar-refractivity contribution in [3.8, 4) is 0 Å². The van der Waals surface area contributed by atoms with E-state index < -0.39 is 0 Å². The molecule has 1 aliphatic carbocycles. The molecule has 1 fully saturated rings. The van der Waals surface area contributed by atoms with Gasteiger partial charge in [0.25, 0.3) is 0 Å². The lowest BCUT2D eigenvalue weighted by Gasteiger charge is -2.36. The minimum atomic E-state index is -0.157. The quantitative estimate of drug-likeness (QED) is 0.551. The Labute approximate surface area is 112 Å². The molecule has 0 radical (unpaired) electrons. The van der Waals surface area contributed by atoms with Crippen molar-refractivity contribution < 1.29 is 9.53 Å². The third kappa shape index (κ3) is 4.47. The number of hydrogen-bond donors (Lipinski definition) is 0. The van der Waals surface area contributed by atoms with Crippen LogP contribution in [0, 0.1) is 17.3 Å². The van der Waals surface area contributed by atoms with Gasteiger partial charge in [0.2, 0.25) is 0 Å². The molecule has 0 aliphatic heterocycles. The van der Waals surface area contributed by atoms with Gasteiger partial charge < -0.3 is 4.74 Å². The van der Waals surface area contributed by atoms with Crippen molar-refractivity contribution in [1.29, 1.82) is 0 Å². The van der Waals surface area contributed by atoms with Crippen LogP contribution in [0.1, 0.15) is 60.3 Å². The van der Waals surface area contributed by atoms with Crippen LogP contribution < -0.4 is 0 Å². The summed E-state index contributed by atoms with van der Waals surface area (Å²) >= 11 is 0. The van der Waals surface area contributed by atoms with Crippen LogP contribution in [-0.2, 0) is 9.53 Å². The summed E-state index contributed by atoms with van der Waals surface area (Å²) in [6, 6.07) is 0. The van der Waals surface area contributed by atoms with Gasteiger partial charge in [-0.05, 0) is 56.8 Å². The fourth-order valence-electron chi connectivity index (χ4n) is 2.82. The van der Waals surface area contributed by atoms with E-state index >= 15 is 0 Å². The zero-order valence-corrected chi connectivity index (χ0v) is 12.6. The highest BCUT2D eigenvalue weighted by Gasteiger charge is 2.29. The molecule has 2 heteroatoms. The molecule has 0 atom stereocenters. The fraction of sp³-hybridized carbons (Fsp3) is 0.812. The second-order valence-corrected chi connectivity index (χ2v) is 6.55. The van der Waals surface area contributed by atoms with Crippen molar-refractivity contribution in [2.24, 2.45) is 17.3 Å². The maximum Gasteiger partial charge on any atom is 0.333 e. The molecule has 0 bridgehead atoms. The van der Waals surface area contributed by atoms with Crippen LogP contribution in [0.5, 0.6) is 0 Å². The van der Waals surface area contributed by atoms with Gasteiger partial charge in [-0.1, -0.05) is 26.8 Å². The summed E-state index contributed by atoms with van der Waals surface area (Å²) in [6.07, 6.45) is 7.09. The highest BCUT2D eigenvalue weighted by Crippen LogP contribution is 2.40. The first kappa shape index (κ1) is 15.3. The maximum absolute atomic E-state index is 11.5. The van der Waals surface area contributed by atoms with E-state index in [0.717, 1.165) is 11.5 Å². The maximum atomic E-state index is 11.5. The van der Waals surface area contributed by atoms with Crippen LogP contribution in [-0.4, -0.2) is 12.6 Å². The number of hydrogen-bond acceptors (Lipinski definition) is 2. The largest absolute Gasteiger partial charge is 0.463 e. The Morgan fingerprint density at radius 3 is 2.22 bits per heavy atom. The number of esters is 1. The molecule has 1 aliphatic rings. The van der Waals surface area contributed by atoms with E-state index in [-0.39, 0.29) is 5.97 Å². The van der Waals surface area contributed by atoms with Gasteiger partial charge in [-0.2, -0.15) is 0 Å². The smallest absolute Gasteiger partial charge is 0.333 e. The van der Waals surface area contributed by atoms with Gasteiger partial charge in [-0.15, -0.1) is 0 Å². The minimum Gasteiger partial charge on any atom is -0.463 e. The molecule has 2 nitrogen and oxygen atoms in total. The van der Waals surface area contributed by atoms with Crippen LogP contribution in [0.15, 0.2) is 11.6 Å². The number of carbonyl (C=O) groups is 1. The molecule has 0 aromatic carbocycles. The zero-order chi connectivity index (χ0) is 13.8. The molecular formula is C16H28O2. The van der Waals surface area contributed by atoms with Crippen LogP contribution in [0.4, 0.5) is 0 Å². The fourth-order valence-corrected chi connectivity index (χ4v) is 2.82. The average molecular weight is 252 g/mol. The normalized spacial score (nSPS) is 25.9. The molecular weight excluding hydrogens is 224 g/mol. The predicted molar refractivity (Wildman–Crippen MR) is 75.3 cm³/mol. The van der Waals surface area contributed by atoms with E-state index in [1.54, 1.807) is 0 Å². The third-order valence-corrected chi connectivity index (χ3v) is 4.08. The van der Waals surface area contributed by atoms with Crippen LogP contribution in [0.3, 0.4) is 0 Å². The summed E-state index contributed by atoms with van der Waals surface area (Å²) < 4.78 is 5.01. The van der Waals surface area contributed by atoms with Crippen molar-refractivity contribution in [2.75, 3.05) is 6.61 Å². The van der Waals surface area contributed by atoms with Gasteiger partial charge in [-0.3, -0.25) is 0 Å². The topological polar surface area (TPSA) is 26.3 Å². The van der Waals surface area contributed by atoms with Gasteiger partial charge >= 0.3 is 5.97 Å². The molecule has 0 saturated heterocycles. The molecule has 0 heterocycles. The third-order valence-electron chi connectivity index (χ3n) is 4.08. The Hall–Kier alpha value is -0.790.